The number of hydrogen-bond acceptors (Lipinski definition) is 6. The van der Waals surface area contributed by atoms with Crippen LogP contribution in [0.15, 0.2) is 30.5 Å². The minimum atomic E-state index is -4.56. The van der Waals surface area contributed by atoms with E-state index in [2.05, 4.69) is 15.3 Å². The normalized spacial score (nSPS) is 17.1. The van der Waals surface area contributed by atoms with Crippen molar-refractivity contribution in [2.45, 2.75) is 25.1 Å². The van der Waals surface area contributed by atoms with E-state index in [1.165, 1.54) is 6.07 Å². The molecule has 1 aliphatic heterocycles. The highest BCUT2D eigenvalue weighted by Gasteiger charge is 2.34. The number of halogens is 3. The second kappa shape index (κ2) is 7.92. The van der Waals surface area contributed by atoms with Crippen molar-refractivity contribution in [1.82, 2.24) is 9.97 Å². The topological polar surface area (TPSA) is 68.1 Å². The van der Waals surface area contributed by atoms with E-state index in [4.69, 9.17) is 5.26 Å². The minimum absolute atomic E-state index is 0.0103. The van der Waals surface area contributed by atoms with Crippen LogP contribution in [0.2, 0.25) is 0 Å². The lowest BCUT2D eigenvalue weighted by molar-refractivity contribution is -0.137. The number of piperidine rings is 1. The van der Waals surface area contributed by atoms with Gasteiger partial charge in [0.2, 0.25) is 5.95 Å². The van der Waals surface area contributed by atoms with Crippen LogP contribution in [0, 0.1) is 11.3 Å². The van der Waals surface area contributed by atoms with Gasteiger partial charge in [0.15, 0.2) is 0 Å². The van der Waals surface area contributed by atoms with Gasteiger partial charge in [0.1, 0.15) is 5.82 Å². The van der Waals surface area contributed by atoms with E-state index in [1.807, 2.05) is 23.9 Å². The first-order valence-corrected chi connectivity index (χ1v) is 8.91. The molecule has 0 bridgehead atoms. The van der Waals surface area contributed by atoms with E-state index < -0.39 is 11.7 Å². The quantitative estimate of drug-likeness (QED) is 0.862. The second-order valence-corrected chi connectivity index (χ2v) is 6.90. The molecule has 1 atom stereocenters. The molecule has 2 heterocycles. The minimum Gasteiger partial charge on any atom is -0.369 e. The Morgan fingerprint density at radius 2 is 2.07 bits per heavy atom. The first kappa shape index (κ1) is 19.7. The molecule has 2 aromatic rings. The van der Waals surface area contributed by atoms with Gasteiger partial charge in [-0.1, -0.05) is 0 Å². The summed E-state index contributed by atoms with van der Waals surface area (Å²) < 4.78 is 39.7. The molecule has 28 heavy (non-hydrogen) atoms. The molecule has 0 amide bonds. The lowest BCUT2D eigenvalue weighted by Gasteiger charge is -2.35. The highest BCUT2D eigenvalue weighted by Crippen LogP contribution is 2.35. The van der Waals surface area contributed by atoms with Gasteiger partial charge < -0.3 is 15.1 Å². The first-order chi connectivity index (χ1) is 13.3. The molecular weight excluding hydrogens is 369 g/mol. The molecule has 0 spiro atoms. The zero-order valence-corrected chi connectivity index (χ0v) is 15.7. The van der Waals surface area contributed by atoms with Crippen LogP contribution in [0.1, 0.15) is 24.0 Å². The first-order valence-electron chi connectivity index (χ1n) is 8.91. The molecule has 1 aromatic carbocycles. The van der Waals surface area contributed by atoms with E-state index in [1.54, 1.807) is 24.4 Å². The third-order valence-electron chi connectivity index (χ3n) is 4.65. The fraction of sp³-hybridized carbons (Fsp3) is 0.421. The fourth-order valence-corrected chi connectivity index (χ4v) is 3.24. The molecule has 6 nitrogen and oxygen atoms in total. The van der Waals surface area contributed by atoms with Crippen LogP contribution in [-0.2, 0) is 6.18 Å². The van der Waals surface area contributed by atoms with Crippen molar-refractivity contribution < 1.29 is 13.2 Å². The van der Waals surface area contributed by atoms with Crippen molar-refractivity contribution in [3.63, 3.8) is 0 Å². The monoisotopic (exact) mass is 390 g/mol. The molecule has 0 saturated carbocycles. The summed E-state index contributed by atoms with van der Waals surface area (Å²) in [7, 11) is 3.77. The van der Waals surface area contributed by atoms with Gasteiger partial charge in [-0.25, -0.2) is 4.98 Å². The molecule has 1 aromatic heterocycles. The smallest absolute Gasteiger partial charge is 0.369 e. The van der Waals surface area contributed by atoms with Gasteiger partial charge >= 0.3 is 6.18 Å². The number of anilines is 3. The predicted molar refractivity (Wildman–Crippen MR) is 101 cm³/mol. The number of alkyl halides is 3. The van der Waals surface area contributed by atoms with E-state index >= 15 is 0 Å². The number of rotatable bonds is 4. The summed E-state index contributed by atoms with van der Waals surface area (Å²) in [5, 5.41) is 12.2. The van der Waals surface area contributed by atoms with Crippen LogP contribution in [0.4, 0.5) is 30.6 Å². The van der Waals surface area contributed by atoms with Gasteiger partial charge in [-0.15, -0.1) is 0 Å². The van der Waals surface area contributed by atoms with Crippen LogP contribution < -0.4 is 15.1 Å². The van der Waals surface area contributed by atoms with Crippen molar-refractivity contribution in [2.24, 2.45) is 0 Å². The van der Waals surface area contributed by atoms with Crippen LogP contribution in [0.5, 0.6) is 0 Å². The van der Waals surface area contributed by atoms with Gasteiger partial charge in [-0.05, 0) is 37.1 Å². The summed E-state index contributed by atoms with van der Waals surface area (Å²) >= 11 is 0. The van der Waals surface area contributed by atoms with E-state index in [0.717, 1.165) is 24.7 Å². The molecule has 1 fully saturated rings. The van der Waals surface area contributed by atoms with Crippen molar-refractivity contribution in [2.75, 3.05) is 42.3 Å². The van der Waals surface area contributed by atoms with Crippen molar-refractivity contribution in [3.8, 4) is 6.07 Å². The molecule has 3 rings (SSSR count). The number of hydrogen-bond donors (Lipinski definition) is 1. The maximum absolute atomic E-state index is 13.2. The van der Waals surface area contributed by atoms with Crippen LogP contribution in [0.3, 0.4) is 0 Å². The lowest BCUT2D eigenvalue weighted by Crippen LogP contribution is -2.42. The predicted octanol–water partition coefficient (Wildman–Crippen LogP) is 3.51. The number of nitriles is 1. The summed E-state index contributed by atoms with van der Waals surface area (Å²) in [6.45, 7) is 1.18. The van der Waals surface area contributed by atoms with Crippen LogP contribution in [-0.4, -0.2) is 43.2 Å². The Kier molecular flexibility index (Phi) is 5.58. The lowest BCUT2D eigenvalue weighted by atomic mass is 10.0. The standard InChI is InChI=1S/C19H21F3N6/c1-27(2)17-7-8-24-18(26-17)25-14-4-3-9-28(12-14)15-6-5-13(11-23)16(10-15)19(20,21)22/h5-8,10,14H,3-4,9,12H2,1-2H3,(H,24,25,26). The summed E-state index contributed by atoms with van der Waals surface area (Å²) in [6, 6.07) is 7.29. The molecule has 1 unspecified atom stereocenters. The Morgan fingerprint density at radius 3 is 2.75 bits per heavy atom. The van der Waals surface area contributed by atoms with Crippen LogP contribution in [0.25, 0.3) is 0 Å². The SMILES string of the molecule is CN(C)c1ccnc(NC2CCCN(c3ccc(C#N)c(C(F)(F)F)c3)C2)n1. The summed E-state index contributed by atoms with van der Waals surface area (Å²) in [5.41, 5.74) is -0.803. The molecule has 1 saturated heterocycles. The number of nitrogens with one attached hydrogen (secondary N) is 1. The number of benzene rings is 1. The summed E-state index contributed by atoms with van der Waals surface area (Å²) in [6.07, 6.45) is -1.20. The van der Waals surface area contributed by atoms with E-state index in [9.17, 15) is 13.2 Å². The zero-order valence-electron chi connectivity index (χ0n) is 15.7. The Bertz CT molecular complexity index is 875. The van der Waals surface area contributed by atoms with E-state index in [-0.39, 0.29) is 11.6 Å². The molecule has 148 valence electrons. The van der Waals surface area contributed by atoms with Crippen molar-refractivity contribution in [3.05, 3.63) is 41.6 Å². The molecule has 0 aliphatic carbocycles. The largest absolute Gasteiger partial charge is 0.417 e. The maximum Gasteiger partial charge on any atom is 0.417 e. The summed E-state index contributed by atoms with van der Waals surface area (Å²) in [4.78, 5) is 12.4. The highest BCUT2D eigenvalue weighted by atomic mass is 19.4. The second-order valence-electron chi connectivity index (χ2n) is 6.90. The Balaban J connectivity index is 1.77. The van der Waals surface area contributed by atoms with Gasteiger partial charge in [0, 0.05) is 45.1 Å². The summed E-state index contributed by atoms with van der Waals surface area (Å²) in [5.74, 6) is 1.26. The third kappa shape index (κ3) is 4.44. The fourth-order valence-electron chi connectivity index (χ4n) is 3.24. The van der Waals surface area contributed by atoms with Gasteiger partial charge in [0.05, 0.1) is 17.2 Å². The van der Waals surface area contributed by atoms with Gasteiger partial charge in [-0.2, -0.15) is 23.4 Å². The molecule has 9 heteroatoms. The van der Waals surface area contributed by atoms with Gasteiger partial charge in [-0.3, -0.25) is 0 Å². The highest BCUT2D eigenvalue weighted by molar-refractivity contribution is 5.55. The zero-order chi connectivity index (χ0) is 20.3. The Labute approximate surface area is 161 Å². The maximum atomic E-state index is 13.2. The van der Waals surface area contributed by atoms with Crippen molar-refractivity contribution >= 4 is 17.5 Å². The number of aromatic nitrogens is 2. The third-order valence-corrected chi connectivity index (χ3v) is 4.65. The molecule has 0 radical (unpaired) electrons. The average Bonchev–Trinajstić information content (AvgIpc) is 2.67. The van der Waals surface area contributed by atoms with E-state index in [0.29, 0.717) is 24.7 Å². The molecule has 1 aliphatic rings. The van der Waals surface area contributed by atoms with Crippen LogP contribution >= 0.6 is 0 Å². The number of nitrogens with zero attached hydrogens (tertiary/aromatic N) is 5. The average molecular weight is 390 g/mol. The Morgan fingerprint density at radius 1 is 1.29 bits per heavy atom. The van der Waals surface area contributed by atoms with Crippen molar-refractivity contribution in [1.29, 1.82) is 5.26 Å². The Hall–Kier alpha value is -3.02. The molecular formula is C19H21F3N6. The molecule has 1 N–H and O–H groups in total. The van der Waals surface area contributed by atoms with Gasteiger partial charge in [0.25, 0.3) is 0 Å².